The van der Waals surface area contributed by atoms with Gasteiger partial charge in [-0.15, -0.1) is 0 Å². The van der Waals surface area contributed by atoms with Crippen LogP contribution in [0.15, 0.2) is 36.9 Å². The van der Waals surface area contributed by atoms with Gasteiger partial charge in [-0.25, -0.2) is 15.0 Å². The number of imidazole rings is 1. The van der Waals surface area contributed by atoms with Gasteiger partial charge in [0.15, 0.2) is 23.2 Å². The van der Waals surface area contributed by atoms with Crippen molar-refractivity contribution in [3.8, 4) is 0 Å². The maximum absolute atomic E-state index is 10.4. The molecular weight excluding hydrogens is 386 g/mol. The highest BCUT2D eigenvalue weighted by Crippen LogP contribution is 2.34. The van der Waals surface area contributed by atoms with Crippen molar-refractivity contribution in [3.63, 3.8) is 0 Å². The molecule has 5 atom stereocenters. The minimum absolute atomic E-state index is 0.126. The van der Waals surface area contributed by atoms with Crippen LogP contribution in [-0.4, -0.2) is 59.8 Å². The Balaban J connectivity index is 1.48. The second-order valence-electron chi connectivity index (χ2n) is 7.92. The van der Waals surface area contributed by atoms with Crippen LogP contribution < -0.4 is 5.32 Å². The van der Waals surface area contributed by atoms with Crippen LogP contribution >= 0.6 is 0 Å². The molecule has 4 N–H and O–H groups in total. The fraction of sp³-hybridized carbons (Fsp3) is 0.476. The number of anilines is 1. The maximum atomic E-state index is 10.4. The number of hydrogen-bond acceptors (Lipinski definition) is 8. The van der Waals surface area contributed by atoms with Crippen molar-refractivity contribution < 1.29 is 20.1 Å². The summed E-state index contributed by atoms with van der Waals surface area (Å²) in [4.78, 5) is 13.2. The zero-order valence-electron chi connectivity index (χ0n) is 16.4. The molecule has 3 heterocycles. The molecule has 1 aliphatic carbocycles. The standard InChI is InChI=1S/C21H25N5O4/c27-9-15-17(28)18(29)21(30-15)26-11-24-16-19(22-10-23-20(16)26)25-14-8-4-2-6-12-5-1-3-7-13(12)14/h1,3,5,7,10-11,14-15,17-18,21,27-29H,2,4,6,8-9H2,(H,22,23,25)/t14?,15-,17-,18-,21-/m1/s1. The minimum Gasteiger partial charge on any atom is -0.394 e. The lowest BCUT2D eigenvalue weighted by Crippen LogP contribution is -2.33. The normalized spacial score (nSPS) is 29.0. The van der Waals surface area contributed by atoms with Gasteiger partial charge in [0.05, 0.1) is 19.0 Å². The number of aromatic nitrogens is 4. The van der Waals surface area contributed by atoms with Crippen molar-refractivity contribution in [2.75, 3.05) is 11.9 Å². The Morgan fingerprint density at radius 2 is 1.97 bits per heavy atom. The van der Waals surface area contributed by atoms with E-state index >= 15 is 0 Å². The van der Waals surface area contributed by atoms with Gasteiger partial charge >= 0.3 is 0 Å². The number of aryl methyl sites for hydroxylation is 1. The number of hydrogen-bond donors (Lipinski definition) is 4. The zero-order chi connectivity index (χ0) is 20.7. The van der Waals surface area contributed by atoms with Crippen LogP contribution in [0.3, 0.4) is 0 Å². The summed E-state index contributed by atoms with van der Waals surface area (Å²) in [5.41, 5.74) is 3.70. The monoisotopic (exact) mass is 411 g/mol. The lowest BCUT2D eigenvalue weighted by atomic mass is 9.99. The van der Waals surface area contributed by atoms with Crippen molar-refractivity contribution in [2.45, 2.75) is 56.3 Å². The summed E-state index contributed by atoms with van der Waals surface area (Å²) in [5, 5.41) is 33.3. The first kappa shape index (κ1) is 19.4. The van der Waals surface area contributed by atoms with Crippen LogP contribution in [0.1, 0.15) is 42.7 Å². The van der Waals surface area contributed by atoms with E-state index in [1.807, 2.05) is 0 Å². The van der Waals surface area contributed by atoms with E-state index in [0.29, 0.717) is 17.0 Å². The maximum Gasteiger partial charge on any atom is 0.167 e. The highest BCUT2D eigenvalue weighted by molar-refractivity contribution is 5.83. The summed E-state index contributed by atoms with van der Waals surface area (Å²) in [6.45, 7) is -0.385. The molecule has 3 aromatic rings. The highest BCUT2D eigenvalue weighted by Gasteiger charge is 2.44. The number of rotatable bonds is 4. The number of ether oxygens (including phenoxy) is 1. The van der Waals surface area contributed by atoms with Crippen LogP contribution in [0.4, 0.5) is 5.82 Å². The number of aliphatic hydroxyl groups excluding tert-OH is 3. The van der Waals surface area contributed by atoms with Gasteiger partial charge in [0, 0.05) is 0 Å². The molecule has 0 amide bonds. The zero-order valence-corrected chi connectivity index (χ0v) is 16.4. The molecule has 0 radical (unpaired) electrons. The van der Waals surface area contributed by atoms with Crippen molar-refractivity contribution >= 4 is 17.0 Å². The van der Waals surface area contributed by atoms with Gasteiger partial charge in [0.2, 0.25) is 0 Å². The molecule has 1 aromatic carbocycles. The van der Waals surface area contributed by atoms with Crippen LogP contribution in [0, 0.1) is 0 Å². The second kappa shape index (κ2) is 7.92. The predicted octanol–water partition coefficient (Wildman–Crippen LogP) is 1.32. The molecule has 1 aliphatic heterocycles. The third-order valence-electron chi connectivity index (χ3n) is 6.08. The lowest BCUT2D eigenvalue weighted by molar-refractivity contribution is -0.0511. The van der Waals surface area contributed by atoms with Gasteiger partial charge in [-0.3, -0.25) is 4.57 Å². The molecule has 1 saturated heterocycles. The number of fused-ring (bicyclic) bond motifs is 2. The molecule has 0 saturated carbocycles. The Bertz CT molecular complexity index is 1040. The SMILES string of the molecule is OC[C@H]1O[C@@H](n2cnc3c(NC4CCCCc5ccccc54)ncnc32)[C@H](O)[C@@H]1O. The third kappa shape index (κ3) is 3.24. The van der Waals surface area contributed by atoms with E-state index < -0.39 is 24.5 Å². The van der Waals surface area contributed by atoms with Gasteiger partial charge in [-0.1, -0.05) is 30.7 Å². The molecule has 9 heteroatoms. The van der Waals surface area contributed by atoms with E-state index in [2.05, 4.69) is 44.5 Å². The summed E-state index contributed by atoms with van der Waals surface area (Å²) >= 11 is 0. The summed E-state index contributed by atoms with van der Waals surface area (Å²) in [6, 6.07) is 8.61. The molecule has 30 heavy (non-hydrogen) atoms. The smallest absolute Gasteiger partial charge is 0.167 e. The van der Waals surface area contributed by atoms with Crippen LogP contribution in [0.5, 0.6) is 0 Å². The number of benzene rings is 1. The molecule has 5 rings (SSSR count). The molecule has 2 aliphatic rings. The topological polar surface area (TPSA) is 126 Å². The molecule has 0 spiro atoms. The molecule has 9 nitrogen and oxygen atoms in total. The first-order chi connectivity index (χ1) is 14.7. The largest absolute Gasteiger partial charge is 0.394 e. The van der Waals surface area contributed by atoms with Crippen LogP contribution in [0.25, 0.3) is 11.2 Å². The fourth-order valence-corrected chi connectivity index (χ4v) is 4.49. The summed E-state index contributed by atoms with van der Waals surface area (Å²) in [7, 11) is 0. The first-order valence-corrected chi connectivity index (χ1v) is 10.3. The van der Waals surface area contributed by atoms with Gasteiger partial charge in [-0.05, 0) is 30.4 Å². The molecule has 0 bridgehead atoms. The molecule has 1 unspecified atom stereocenters. The van der Waals surface area contributed by atoms with Crippen molar-refractivity contribution in [1.29, 1.82) is 0 Å². The average Bonchev–Trinajstić information content (AvgIpc) is 3.24. The molecular formula is C21H25N5O4. The number of nitrogens with one attached hydrogen (secondary N) is 1. The Morgan fingerprint density at radius 1 is 1.10 bits per heavy atom. The molecule has 158 valence electrons. The van der Waals surface area contributed by atoms with E-state index in [1.165, 1.54) is 23.8 Å². The Labute approximate surface area is 173 Å². The summed E-state index contributed by atoms with van der Waals surface area (Å²) in [5.74, 6) is 0.618. The minimum atomic E-state index is -1.19. The van der Waals surface area contributed by atoms with Crippen molar-refractivity contribution in [1.82, 2.24) is 19.5 Å². The second-order valence-corrected chi connectivity index (χ2v) is 7.92. The third-order valence-corrected chi connectivity index (χ3v) is 6.08. The predicted molar refractivity (Wildman–Crippen MR) is 109 cm³/mol. The Hall–Kier alpha value is -2.59. The van der Waals surface area contributed by atoms with E-state index in [0.717, 1.165) is 25.7 Å². The highest BCUT2D eigenvalue weighted by atomic mass is 16.6. The molecule has 2 aromatic heterocycles. The van der Waals surface area contributed by atoms with E-state index in [9.17, 15) is 15.3 Å². The van der Waals surface area contributed by atoms with E-state index in [4.69, 9.17) is 4.74 Å². The Kier molecular flexibility index (Phi) is 5.11. The number of nitrogens with zero attached hydrogens (tertiary/aromatic N) is 4. The van der Waals surface area contributed by atoms with Crippen molar-refractivity contribution in [2.24, 2.45) is 0 Å². The first-order valence-electron chi connectivity index (χ1n) is 10.3. The van der Waals surface area contributed by atoms with Crippen LogP contribution in [-0.2, 0) is 11.2 Å². The average molecular weight is 411 g/mol. The molecule has 1 fully saturated rings. The van der Waals surface area contributed by atoms with Gasteiger partial charge in [0.1, 0.15) is 24.6 Å². The van der Waals surface area contributed by atoms with E-state index in [-0.39, 0.29) is 12.6 Å². The fourth-order valence-electron chi connectivity index (χ4n) is 4.49. The summed E-state index contributed by atoms with van der Waals surface area (Å²) < 4.78 is 7.21. The Morgan fingerprint density at radius 3 is 2.80 bits per heavy atom. The quantitative estimate of drug-likeness (QED) is 0.474. The van der Waals surface area contributed by atoms with Gasteiger partial charge < -0.3 is 25.4 Å². The number of aliphatic hydroxyl groups is 3. The van der Waals surface area contributed by atoms with E-state index in [1.54, 1.807) is 4.57 Å². The summed E-state index contributed by atoms with van der Waals surface area (Å²) in [6.07, 6.45) is 3.21. The van der Waals surface area contributed by atoms with Crippen molar-refractivity contribution in [3.05, 3.63) is 48.0 Å². The van der Waals surface area contributed by atoms with Gasteiger partial charge in [0.25, 0.3) is 0 Å². The van der Waals surface area contributed by atoms with Crippen LogP contribution in [0.2, 0.25) is 0 Å². The van der Waals surface area contributed by atoms with Gasteiger partial charge in [-0.2, -0.15) is 0 Å². The lowest BCUT2D eigenvalue weighted by Gasteiger charge is -2.20.